The van der Waals surface area contributed by atoms with E-state index in [1.807, 2.05) is 25.1 Å². The molecule has 1 aromatic carbocycles. The van der Waals surface area contributed by atoms with Gasteiger partial charge >= 0.3 is 0 Å². The first kappa shape index (κ1) is 17.9. The van der Waals surface area contributed by atoms with Crippen LogP contribution in [-0.2, 0) is 9.53 Å². The van der Waals surface area contributed by atoms with Gasteiger partial charge in [0.15, 0.2) is 6.10 Å². The van der Waals surface area contributed by atoms with Gasteiger partial charge in [0.25, 0.3) is 5.91 Å². The Morgan fingerprint density at radius 3 is 2.76 bits per heavy atom. The molecule has 1 rings (SSSR count). The number of amides is 1. The zero-order valence-corrected chi connectivity index (χ0v) is 14.3. The van der Waals surface area contributed by atoms with Crippen LogP contribution >= 0.6 is 15.9 Å². The van der Waals surface area contributed by atoms with Crippen LogP contribution in [0.15, 0.2) is 22.7 Å². The Kier molecular flexibility index (Phi) is 7.71. The topological polar surface area (TPSA) is 73.6 Å². The zero-order chi connectivity index (χ0) is 15.8. The van der Waals surface area contributed by atoms with E-state index in [1.54, 1.807) is 14.0 Å². The lowest BCUT2D eigenvalue weighted by molar-refractivity contribution is -0.127. The van der Waals surface area contributed by atoms with Crippen molar-refractivity contribution >= 4 is 21.8 Å². The fourth-order valence-electron chi connectivity index (χ4n) is 1.80. The van der Waals surface area contributed by atoms with Gasteiger partial charge in [0.05, 0.1) is 0 Å². The number of nitrogens with two attached hydrogens (primary N) is 1. The minimum absolute atomic E-state index is 0.151. The highest BCUT2D eigenvalue weighted by atomic mass is 79.9. The average molecular weight is 359 g/mol. The van der Waals surface area contributed by atoms with E-state index in [2.05, 4.69) is 21.2 Å². The number of hydrogen-bond acceptors (Lipinski definition) is 4. The van der Waals surface area contributed by atoms with Gasteiger partial charge in [-0.25, -0.2) is 0 Å². The summed E-state index contributed by atoms with van der Waals surface area (Å²) in [6.07, 6.45) is 0.191. The Labute approximate surface area is 134 Å². The van der Waals surface area contributed by atoms with Gasteiger partial charge in [-0.3, -0.25) is 4.79 Å². The van der Waals surface area contributed by atoms with Crippen molar-refractivity contribution in [1.82, 2.24) is 5.32 Å². The number of halogens is 1. The second-order valence-electron chi connectivity index (χ2n) is 4.87. The maximum atomic E-state index is 12.0. The maximum Gasteiger partial charge on any atom is 0.260 e. The monoisotopic (exact) mass is 358 g/mol. The quantitative estimate of drug-likeness (QED) is 0.699. The Hall–Kier alpha value is -1.11. The lowest BCUT2D eigenvalue weighted by Gasteiger charge is -2.19. The van der Waals surface area contributed by atoms with Gasteiger partial charge in [-0.1, -0.05) is 22.0 Å². The molecule has 3 N–H and O–H groups in total. The first-order chi connectivity index (χ1) is 9.95. The second kappa shape index (κ2) is 9.02. The zero-order valence-electron chi connectivity index (χ0n) is 12.7. The lowest BCUT2D eigenvalue weighted by Crippen LogP contribution is -2.37. The maximum absolute atomic E-state index is 12.0. The Morgan fingerprint density at radius 2 is 2.14 bits per heavy atom. The van der Waals surface area contributed by atoms with E-state index in [9.17, 15) is 4.79 Å². The fourth-order valence-corrected chi connectivity index (χ4v) is 2.14. The molecule has 5 nitrogen and oxygen atoms in total. The number of benzene rings is 1. The molecule has 0 heterocycles. The van der Waals surface area contributed by atoms with Crippen LogP contribution in [0, 0.1) is 0 Å². The number of ether oxygens (including phenoxy) is 2. The van der Waals surface area contributed by atoms with Crippen LogP contribution in [0.1, 0.15) is 31.9 Å². The minimum atomic E-state index is -0.584. The third-order valence-electron chi connectivity index (χ3n) is 2.96. The van der Waals surface area contributed by atoms with Crippen molar-refractivity contribution in [3.63, 3.8) is 0 Å². The van der Waals surface area contributed by atoms with Gasteiger partial charge in [0.2, 0.25) is 0 Å². The number of carbonyl (C=O) groups is 1. The van der Waals surface area contributed by atoms with Crippen LogP contribution in [0.25, 0.3) is 0 Å². The molecule has 0 fully saturated rings. The SMILES string of the molecule is COCCCNC(=O)C(C)Oc1cc(Br)ccc1[C@H](C)N. The van der Waals surface area contributed by atoms with Crippen molar-refractivity contribution in [3.05, 3.63) is 28.2 Å². The number of carbonyl (C=O) groups excluding carboxylic acids is 1. The molecule has 1 unspecified atom stereocenters. The second-order valence-corrected chi connectivity index (χ2v) is 5.78. The number of hydrogen-bond donors (Lipinski definition) is 2. The van der Waals surface area contributed by atoms with Crippen molar-refractivity contribution in [2.45, 2.75) is 32.4 Å². The van der Waals surface area contributed by atoms with Gasteiger partial charge in [-0.15, -0.1) is 0 Å². The van der Waals surface area contributed by atoms with E-state index in [0.29, 0.717) is 18.9 Å². The molecule has 6 heteroatoms. The molecule has 0 radical (unpaired) electrons. The van der Waals surface area contributed by atoms with Gasteiger partial charge in [0, 0.05) is 36.3 Å². The highest BCUT2D eigenvalue weighted by molar-refractivity contribution is 9.10. The number of nitrogens with one attached hydrogen (secondary N) is 1. The molecule has 2 atom stereocenters. The molecular formula is C15H23BrN2O3. The molecule has 0 aliphatic carbocycles. The summed E-state index contributed by atoms with van der Waals surface area (Å²) in [5, 5.41) is 2.81. The summed E-state index contributed by atoms with van der Waals surface area (Å²) in [5.74, 6) is 0.473. The predicted molar refractivity (Wildman–Crippen MR) is 86.3 cm³/mol. The van der Waals surface area contributed by atoms with Crippen LogP contribution in [-0.4, -0.2) is 32.3 Å². The Bertz CT molecular complexity index is 466. The van der Waals surface area contributed by atoms with Crippen LogP contribution < -0.4 is 15.8 Å². The molecule has 21 heavy (non-hydrogen) atoms. The molecule has 0 bridgehead atoms. The molecular weight excluding hydrogens is 336 g/mol. The first-order valence-electron chi connectivity index (χ1n) is 6.94. The van der Waals surface area contributed by atoms with E-state index < -0.39 is 6.10 Å². The molecule has 0 aromatic heterocycles. The van der Waals surface area contributed by atoms with Crippen molar-refractivity contribution in [2.75, 3.05) is 20.3 Å². The summed E-state index contributed by atoms with van der Waals surface area (Å²) in [6, 6.07) is 5.46. The van der Waals surface area contributed by atoms with Gasteiger partial charge in [-0.2, -0.15) is 0 Å². The Balaban J connectivity index is 2.63. The van der Waals surface area contributed by atoms with Gasteiger partial charge in [0.1, 0.15) is 5.75 Å². The highest BCUT2D eigenvalue weighted by Crippen LogP contribution is 2.28. The molecule has 1 amide bonds. The van der Waals surface area contributed by atoms with Crippen LogP contribution in [0.2, 0.25) is 0 Å². The molecule has 0 aliphatic heterocycles. The van der Waals surface area contributed by atoms with E-state index in [1.165, 1.54) is 0 Å². The molecule has 0 saturated carbocycles. The smallest absolute Gasteiger partial charge is 0.260 e. The van der Waals surface area contributed by atoms with Gasteiger partial charge in [-0.05, 0) is 32.4 Å². The highest BCUT2D eigenvalue weighted by Gasteiger charge is 2.17. The lowest BCUT2D eigenvalue weighted by atomic mass is 10.1. The predicted octanol–water partition coefficient (Wildman–Crippen LogP) is 2.39. The summed E-state index contributed by atoms with van der Waals surface area (Å²) in [7, 11) is 1.64. The third-order valence-corrected chi connectivity index (χ3v) is 3.46. The van der Waals surface area contributed by atoms with Crippen LogP contribution in [0.3, 0.4) is 0 Å². The van der Waals surface area contributed by atoms with Crippen molar-refractivity contribution in [3.8, 4) is 5.75 Å². The standard InChI is InChI=1S/C15H23BrN2O3/c1-10(17)13-6-5-12(16)9-14(13)21-11(2)15(19)18-7-4-8-20-3/h5-6,9-11H,4,7-8,17H2,1-3H3,(H,18,19)/t10-,11?/m0/s1. The Morgan fingerprint density at radius 1 is 1.43 bits per heavy atom. The van der Waals surface area contributed by atoms with E-state index >= 15 is 0 Å². The van der Waals surface area contributed by atoms with Crippen molar-refractivity contribution in [1.29, 1.82) is 0 Å². The average Bonchev–Trinajstić information content (AvgIpc) is 2.43. The number of methoxy groups -OCH3 is 1. The summed E-state index contributed by atoms with van der Waals surface area (Å²) in [5.41, 5.74) is 6.79. The van der Waals surface area contributed by atoms with E-state index in [0.717, 1.165) is 16.5 Å². The largest absolute Gasteiger partial charge is 0.481 e. The van der Waals surface area contributed by atoms with Crippen molar-refractivity contribution in [2.24, 2.45) is 5.73 Å². The molecule has 118 valence electrons. The van der Waals surface area contributed by atoms with E-state index in [4.69, 9.17) is 15.2 Å². The normalized spacial score (nSPS) is 13.6. The fraction of sp³-hybridized carbons (Fsp3) is 0.533. The molecule has 1 aromatic rings. The first-order valence-corrected chi connectivity index (χ1v) is 7.73. The molecule has 0 spiro atoms. The third kappa shape index (κ3) is 6.03. The van der Waals surface area contributed by atoms with E-state index in [-0.39, 0.29) is 11.9 Å². The summed E-state index contributed by atoms with van der Waals surface area (Å²) in [4.78, 5) is 12.0. The summed E-state index contributed by atoms with van der Waals surface area (Å²) >= 11 is 3.40. The summed E-state index contributed by atoms with van der Waals surface area (Å²) < 4.78 is 11.6. The van der Waals surface area contributed by atoms with Crippen LogP contribution in [0.5, 0.6) is 5.75 Å². The number of rotatable bonds is 8. The van der Waals surface area contributed by atoms with Gasteiger partial charge < -0.3 is 20.5 Å². The molecule has 0 aliphatic rings. The summed E-state index contributed by atoms with van der Waals surface area (Å²) in [6.45, 7) is 4.79. The van der Waals surface area contributed by atoms with Crippen LogP contribution in [0.4, 0.5) is 0 Å². The molecule has 0 saturated heterocycles. The van der Waals surface area contributed by atoms with Crippen molar-refractivity contribution < 1.29 is 14.3 Å². The minimum Gasteiger partial charge on any atom is -0.481 e.